The first-order valence-electron chi connectivity index (χ1n) is 4.69. The average molecular weight is 201 g/mol. The van der Waals surface area contributed by atoms with Crippen LogP contribution in [0.25, 0.3) is 0 Å². The zero-order valence-corrected chi connectivity index (χ0v) is 8.87. The van der Waals surface area contributed by atoms with Crippen LogP contribution in [0.1, 0.15) is 39.5 Å². The van der Waals surface area contributed by atoms with Gasteiger partial charge < -0.3 is 0 Å². The van der Waals surface area contributed by atoms with Gasteiger partial charge in [-0.1, -0.05) is 26.7 Å². The Morgan fingerprint density at radius 3 is 2.08 bits per heavy atom. The van der Waals surface area contributed by atoms with Crippen LogP contribution in [0.15, 0.2) is 0 Å². The smallest absolute Gasteiger partial charge is 0.286 e. The molecule has 0 aliphatic carbocycles. The van der Waals surface area contributed by atoms with E-state index in [0.29, 0.717) is 0 Å². The van der Waals surface area contributed by atoms with E-state index in [2.05, 4.69) is 5.32 Å². The standard InChI is InChI=1S/C9H15NO2S/c1-3-5-9(6-4-2)7(11)10-8(12)13-9/h3-6H2,1-2H3,(H,10,11,12). The zero-order valence-electron chi connectivity index (χ0n) is 8.05. The number of amides is 2. The Bertz CT molecular complexity index is 222. The summed E-state index contributed by atoms with van der Waals surface area (Å²) in [5.74, 6) is -0.0915. The molecule has 13 heavy (non-hydrogen) atoms. The molecule has 4 heteroatoms. The third kappa shape index (κ3) is 2.05. The molecule has 0 spiro atoms. The molecular formula is C9H15NO2S. The van der Waals surface area contributed by atoms with Gasteiger partial charge in [-0.25, -0.2) is 0 Å². The monoisotopic (exact) mass is 201 g/mol. The van der Waals surface area contributed by atoms with Crippen molar-refractivity contribution in [1.82, 2.24) is 5.32 Å². The van der Waals surface area contributed by atoms with Crippen LogP contribution >= 0.6 is 11.8 Å². The number of carbonyl (C=O) groups is 2. The second-order valence-electron chi connectivity index (χ2n) is 3.34. The Morgan fingerprint density at radius 1 is 1.23 bits per heavy atom. The highest BCUT2D eigenvalue weighted by atomic mass is 32.2. The average Bonchev–Trinajstić information content (AvgIpc) is 2.28. The predicted molar refractivity (Wildman–Crippen MR) is 53.7 cm³/mol. The summed E-state index contributed by atoms with van der Waals surface area (Å²) in [5.41, 5.74) is 0. The number of imide groups is 1. The quantitative estimate of drug-likeness (QED) is 0.759. The van der Waals surface area contributed by atoms with Crippen LogP contribution in [0.4, 0.5) is 4.79 Å². The van der Waals surface area contributed by atoms with Gasteiger partial charge in [0.1, 0.15) is 4.75 Å². The number of rotatable bonds is 4. The maximum absolute atomic E-state index is 11.5. The van der Waals surface area contributed by atoms with Crippen LogP contribution in [-0.2, 0) is 4.79 Å². The lowest BCUT2D eigenvalue weighted by atomic mass is 9.96. The lowest BCUT2D eigenvalue weighted by molar-refractivity contribution is -0.122. The Labute approximate surface area is 82.6 Å². The Hall–Kier alpha value is -0.510. The second-order valence-corrected chi connectivity index (χ2v) is 4.69. The molecule has 0 atom stereocenters. The van der Waals surface area contributed by atoms with E-state index >= 15 is 0 Å². The van der Waals surface area contributed by atoms with E-state index in [1.165, 1.54) is 11.8 Å². The molecule has 74 valence electrons. The predicted octanol–water partition coefficient (Wildman–Crippen LogP) is 2.31. The van der Waals surface area contributed by atoms with E-state index in [4.69, 9.17) is 0 Å². The molecule has 1 N–H and O–H groups in total. The van der Waals surface area contributed by atoms with Crippen molar-refractivity contribution in [3.8, 4) is 0 Å². The molecule has 1 aliphatic rings. The van der Waals surface area contributed by atoms with Gasteiger partial charge in [0.15, 0.2) is 0 Å². The summed E-state index contributed by atoms with van der Waals surface area (Å²) in [5, 5.41) is 2.17. The van der Waals surface area contributed by atoms with Crippen molar-refractivity contribution in [2.45, 2.75) is 44.3 Å². The van der Waals surface area contributed by atoms with Crippen LogP contribution in [-0.4, -0.2) is 15.9 Å². The molecule has 2 amide bonds. The molecule has 1 heterocycles. The Kier molecular flexibility index (Phi) is 3.36. The molecule has 0 bridgehead atoms. The van der Waals surface area contributed by atoms with Crippen molar-refractivity contribution >= 4 is 22.9 Å². The number of carbonyl (C=O) groups excluding carboxylic acids is 2. The van der Waals surface area contributed by atoms with Gasteiger partial charge in [-0.3, -0.25) is 14.9 Å². The van der Waals surface area contributed by atoms with Crippen molar-refractivity contribution < 1.29 is 9.59 Å². The highest BCUT2D eigenvalue weighted by molar-refractivity contribution is 8.16. The molecule has 0 saturated carbocycles. The molecule has 1 saturated heterocycles. The summed E-state index contributed by atoms with van der Waals surface area (Å²) in [6.45, 7) is 4.07. The van der Waals surface area contributed by atoms with E-state index in [1.807, 2.05) is 13.8 Å². The van der Waals surface area contributed by atoms with Gasteiger partial charge >= 0.3 is 0 Å². The fourth-order valence-electron chi connectivity index (χ4n) is 1.72. The third-order valence-electron chi connectivity index (χ3n) is 2.23. The van der Waals surface area contributed by atoms with Crippen LogP contribution in [0, 0.1) is 0 Å². The van der Waals surface area contributed by atoms with Crippen molar-refractivity contribution in [2.24, 2.45) is 0 Å². The van der Waals surface area contributed by atoms with Crippen LogP contribution < -0.4 is 5.32 Å². The minimum absolute atomic E-state index is 0.0915. The van der Waals surface area contributed by atoms with Gasteiger partial charge in [-0.15, -0.1) is 0 Å². The van der Waals surface area contributed by atoms with Gasteiger partial charge in [0.25, 0.3) is 5.24 Å². The molecule has 0 aromatic heterocycles. The van der Waals surface area contributed by atoms with Gasteiger partial charge in [0, 0.05) is 0 Å². The van der Waals surface area contributed by atoms with Crippen LogP contribution in [0.5, 0.6) is 0 Å². The van der Waals surface area contributed by atoms with E-state index in [1.54, 1.807) is 0 Å². The maximum Gasteiger partial charge on any atom is 0.286 e. The molecule has 1 rings (SSSR count). The molecule has 0 aromatic rings. The molecule has 0 radical (unpaired) electrons. The first-order valence-corrected chi connectivity index (χ1v) is 5.50. The zero-order chi connectivity index (χ0) is 9.90. The summed E-state index contributed by atoms with van der Waals surface area (Å²) < 4.78 is -0.458. The van der Waals surface area contributed by atoms with Gasteiger partial charge in [0.2, 0.25) is 5.91 Å². The fourth-order valence-corrected chi connectivity index (χ4v) is 2.97. The van der Waals surface area contributed by atoms with E-state index in [-0.39, 0.29) is 11.1 Å². The Balaban J connectivity index is 2.77. The minimum Gasteiger partial charge on any atom is -0.286 e. The molecular weight excluding hydrogens is 186 g/mol. The largest absolute Gasteiger partial charge is 0.286 e. The van der Waals surface area contributed by atoms with Gasteiger partial charge in [-0.2, -0.15) is 0 Å². The highest BCUT2D eigenvalue weighted by Crippen LogP contribution is 2.39. The number of thioether (sulfide) groups is 1. The van der Waals surface area contributed by atoms with Crippen molar-refractivity contribution in [3.05, 3.63) is 0 Å². The van der Waals surface area contributed by atoms with E-state index < -0.39 is 4.75 Å². The summed E-state index contributed by atoms with van der Waals surface area (Å²) in [6.07, 6.45) is 3.47. The van der Waals surface area contributed by atoms with Crippen LogP contribution in [0.2, 0.25) is 0 Å². The SMILES string of the molecule is CCCC1(CCC)SC(=O)NC1=O. The number of hydrogen-bond donors (Lipinski definition) is 1. The lowest BCUT2D eigenvalue weighted by Gasteiger charge is -2.22. The minimum atomic E-state index is -0.458. The first kappa shape index (κ1) is 10.6. The molecule has 0 aromatic carbocycles. The summed E-state index contributed by atoms with van der Waals surface area (Å²) in [6, 6.07) is 0. The molecule has 0 unspecified atom stereocenters. The van der Waals surface area contributed by atoms with E-state index in [9.17, 15) is 9.59 Å². The topological polar surface area (TPSA) is 46.2 Å². The molecule has 1 aliphatic heterocycles. The third-order valence-corrected chi connectivity index (χ3v) is 3.50. The molecule has 1 fully saturated rings. The van der Waals surface area contributed by atoms with Gasteiger partial charge in [-0.05, 0) is 24.6 Å². The van der Waals surface area contributed by atoms with Crippen LogP contribution in [0.3, 0.4) is 0 Å². The second kappa shape index (κ2) is 4.13. The highest BCUT2D eigenvalue weighted by Gasteiger charge is 2.45. The summed E-state index contributed by atoms with van der Waals surface area (Å²) in [7, 11) is 0. The maximum atomic E-state index is 11.5. The fraction of sp³-hybridized carbons (Fsp3) is 0.778. The van der Waals surface area contributed by atoms with Gasteiger partial charge in [0.05, 0.1) is 0 Å². The van der Waals surface area contributed by atoms with Crippen molar-refractivity contribution in [1.29, 1.82) is 0 Å². The van der Waals surface area contributed by atoms with Crippen molar-refractivity contribution in [2.75, 3.05) is 0 Å². The number of hydrogen-bond acceptors (Lipinski definition) is 3. The van der Waals surface area contributed by atoms with Crippen molar-refractivity contribution in [3.63, 3.8) is 0 Å². The van der Waals surface area contributed by atoms with E-state index in [0.717, 1.165) is 25.7 Å². The molecule has 3 nitrogen and oxygen atoms in total. The lowest BCUT2D eigenvalue weighted by Crippen LogP contribution is -2.36. The normalized spacial score (nSPS) is 20.5. The first-order chi connectivity index (χ1) is 6.14. The summed E-state index contributed by atoms with van der Waals surface area (Å²) in [4.78, 5) is 22.6. The summed E-state index contributed by atoms with van der Waals surface area (Å²) >= 11 is 1.17. The number of nitrogens with one attached hydrogen (secondary N) is 1. The Morgan fingerprint density at radius 2 is 1.77 bits per heavy atom.